The zero-order chi connectivity index (χ0) is 27.3. The molecule has 37 heavy (non-hydrogen) atoms. The van der Waals surface area contributed by atoms with Gasteiger partial charge in [0.25, 0.3) is 15.7 Å². The van der Waals surface area contributed by atoms with Crippen LogP contribution in [0, 0.1) is 17.0 Å². The number of amides is 2. The van der Waals surface area contributed by atoms with Gasteiger partial charge in [-0.15, -0.1) is 0 Å². The third kappa shape index (κ3) is 6.54. The van der Waals surface area contributed by atoms with Crippen LogP contribution in [-0.2, 0) is 19.6 Å². The first-order valence-corrected chi connectivity index (χ1v) is 12.5. The number of methoxy groups -OCH3 is 1. The van der Waals surface area contributed by atoms with E-state index in [0.717, 1.165) is 10.4 Å². The van der Waals surface area contributed by atoms with Crippen LogP contribution in [0.4, 0.5) is 22.7 Å². The number of ether oxygens (including phenoxy) is 1. The molecule has 0 radical (unpaired) electrons. The van der Waals surface area contributed by atoms with E-state index < -0.39 is 38.0 Å². The van der Waals surface area contributed by atoms with Crippen molar-refractivity contribution < 1.29 is 27.7 Å². The highest BCUT2D eigenvalue weighted by Gasteiger charge is 2.31. The number of nitro benzene ring substituents is 1. The lowest BCUT2D eigenvalue weighted by Gasteiger charge is -2.26. The molecule has 0 spiro atoms. The van der Waals surface area contributed by atoms with E-state index >= 15 is 0 Å². The largest absolute Gasteiger partial charge is 0.495 e. The highest BCUT2D eigenvalue weighted by molar-refractivity contribution is 7.92. The number of rotatable bonds is 9. The van der Waals surface area contributed by atoms with Crippen LogP contribution in [0.25, 0.3) is 0 Å². The van der Waals surface area contributed by atoms with Gasteiger partial charge in [0.2, 0.25) is 11.8 Å². The van der Waals surface area contributed by atoms with Crippen molar-refractivity contribution in [2.45, 2.75) is 18.7 Å². The summed E-state index contributed by atoms with van der Waals surface area (Å²) in [5.74, 6) is -0.928. The molecule has 3 aromatic carbocycles. The smallest absolute Gasteiger partial charge is 0.273 e. The number of aryl methyl sites for hydroxylation is 1. The van der Waals surface area contributed by atoms with Crippen LogP contribution in [0.2, 0.25) is 5.02 Å². The summed E-state index contributed by atoms with van der Waals surface area (Å²) < 4.78 is 33.5. The molecule has 0 aromatic heterocycles. The fourth-order valence-electron chi connectivity index (χ4n) is 3.44. The quantitative estimate of drug-likeness (QED) is 0.299. The normalized spacial score (nSPS) is 10.9. The van der Waals surface area contributed by atoms with Gasteiger partial charge in [-0.1, -0.05) is 23.7 Å². The lowest BCUT2D eigenvalue weighted by atomic mass is 10.2. The van der Waals surface area contributed by atoms with E-state index in [1.54, 1.807) is 18.2 Å². The SMILES string of the molecule is COc1ccc(Cl)cc1N(CC(=O)Nc1cccc(NC(C)=O)c1)S(=O)(=O)c1ccc(C)c([N+](=O)[O-])c1. The average molecular weight is 547 g/mol. The predicted octanol–water partition coefficient (Wildman–Crippen LogP) is 4.36. The second-order valence-electron chi connectivity index (χ2n) is 7.84. The number of halogens is 1. The Morgan fingerprint density at radius 2 is 1.73 bits per heavy atom. The molecule has 3 rings (SSSR count). The summed E-state index contributed by atoms with van der Waals surface area (Å²) in [6, 6.07) is 14.0. The van der Waals surface area contributed by atoms with Gasteiger partial charge in [0.15, 0.2) is 0 Å². The molecule has 11 nitrogen and oxygen atoms in total. The first-order chi connectivity index (χ1) is 17.4. The molecule has 0 bridgehead atoms. The van der Waals surface area contributed by atoms with Crippen molar-refractivity contribution in [1.82, 2.24) is 0 Å². The van der Waals surface area contributed by atoms with E-state index in [9.17, 15) is 28.1 Å². The third-order valence-electron chi connectivity index (χ3n) is 5.13. The fourth-order valence-corrected chi connectivity index (χ4v) is 5.05. The van der Waals surface area contributed by atoms with Crippen LogP contribution >= 0.6 is 11.6 Å². The van der Waals surface area contributed by atoms with Crippen molar-refractivity contribution in [3.63, 3.8) is 0 Å². The van der Waals surface area contributed by atoms with Gasteiger partial charge in [-0.25, -0.2) is 8.42 Å². The van der Waals surface area contributed by atoms with Gasteiger partial charge >= 0.3 is 0 Å². The molecule has 194 valence electrons. The Balaban J connectivity index is 2.05. The highest BCUT2D eigenvalue weighted by atomic mass is 35.5. The Kier molecular flexibility index (Phi) is 8.35. The van der Waals surface area contributed by atoms with Gasteiger partial charge in [0.1, 0.15) is 12.3 Å². The number of sulfonamides is 1. The monoisotopic (exact) mass is 546 g/mol. The Morgan fingerprint density at radius 3 is 2.35 bits per heavy atom. The molecular weight excluding hydrogens is 524 g/mol. The molecule has 0 saturated heterocycles. The molecule has 0 unspecified atom stereocenters. The molecule has 3 aromatic rings. The van der Waals surface area contributed by atoms with Crippen LogP contribution in [-0.4, -0.2) is 38.8 Å². The lowest BCUT2D eigenvalue weighted by molar-refractivity contribution is -0.385. The van der Waals surface area contributed by atoms with Crippen LogP contribution in [0.5, 0.6) is 5.75 Å². The summed E-state index contributed by atoms with van der Waals surface area (Å²) >= 11 is 6.13. The van der Waals surface area contributed by atoms with Crippen molar-refractivity contribution in [3.8, 4) is 5.75 Å². The number of nitrogens with zero attached hydrogens (tertiary/aromatic N) is 2. The number of carbonyl (C=O) groups is 2. The molecular formula is C24H23ClN4O7S. The lowest BCUT2D eigenvalue weighted by Crippen LogP contribution is -2.38. The van der Waals surface area contributed by atoms with Crippen molar-refractivity contribution in [1.29, 1.82) is 0 Å². The summed E-state index contributed by atoms with van der Waals surface area (Å²) in [5.41, 5.74) is 0.571. The van der Waals surface area contributed by atoms with Gasteiger partial charge in [-0.2, -0.15) is 0 Å². The summed E-state index contributed by atoms with van der Waals surface area (Å²) in [6.45, 7) is 2.10. The molecule has 0 aliphatic carbocycles. The van der Waals surface area contributed by atoms with Crippen molar-refractivity contribution in [2.75, 3.05) is 28.6 Å². The average Bonchev–Trinajstić information content (AvgIpc) is 2.82. The number of nitro groups is 1. The fraction of sp³-hybridized carbons (Fsp3) is 0.167. The third-order valence-corrected chi connectivity index (χ3v) is 7.12. The van der Waals surface area contributed by atoms with E-state index in [2.05, 4.69) is 10.6 Å². The second-order valence-corrected chi connectivity index (χ2v) is 10.1. The van der Waals surface area contributed by atoms with E-state index in [1.165, 1.54) is 57.4 Å². The maximum Gasteiger partial charge on any atom is 0.273 e. The first-order valence-electron chi connectivity index (χ1n) is 10.7. The van der Waals surface area contributed by atoms with E-state index in [0.29, 0.717) is 11.4 Å². The minimum absolute atomic E-state index is 0.0413. The Labute approximate surface area is 218 Å². The first kappa shape index (κ1) is 27.4. The molecule has 0 aliphatic heterocycles. The van der Waals surface area contributed by atoms with Crippen molar-refractivity contribution in [2.24, 2.45) is 0 Å². The molecule has 0 aliphatic rings. The number of nitrogens with one attached hydrogen (secondary N) is 2. The zero-order valence-electron chi connectivity index (χ0n) is 20.0. The van der Waals surface area contributed by atoms with Crippen LogP contribution in [0.1, 0.15) is 12.5 Å². The minimum Gasteiger partial charge on any atom is -0.495 e. The topological polar surface area (TPSA) is 148 Å². The van der Waals surface area contributed by atoms with Gasteiger partial charge in [-0.05, 0) is 49.4 Å². The van der Waals surface area contributed by atoms with E-state index in [-0.39, 0.29) is 27.9 Å². The second kappa shape index (κ2) is 11.3. The molecule has 0 atom stereocenters. The molecule has 2 amide bonds. The number of benzene rings is 3. The van der Waals surface area contributed by atoms with Crippen LogP contribution in [0.3, 0.4) is 0 Å². The molecule has 0 fully saturated rings. The maximum atomic E-state index is 13.7. The van der Waals surface area contributed by atoms with Crippen molar-refractivity contribution >= 4 is 56.2 Å². The van der Waals surface area contributed by atoms with Gasteiger partial charge in [-0.3, -0.25) is 24.0 Å². The summed E-state index contributed by atoms with van der Waals surface area (Å²) in [5, 5.41) is 16.8. The van der Waals surface area contributed by atoms with Gasteiger partial charge in [0.05, 0.1) is 22.6 Å². The number of hydrogen-bond donors (Lipinski definition) is 2. The zero-order valence-corrected chi connectivity index (χ0v) is 21.6. The Hall–Kier alpha value is -4.16. The van der Waals surface area contributed by atoms with Crippen LogP contribution in [0.15, 0.2) is 65.6 Å². The van der Waals surface area contributed by atoms with Crippen LogP contribution < -0.4 is 19.7 Å². The van der Waals surface area contributed by atoms with Crippen molar-refractivity contribution in [3.05, 3.63) is 81.4 Å². The van der Waals surface area contributed by atoms with Gasteiger partial charge < -0.3 is 15.4 Å². The predicted molar refractivity (Wildman–Crippen MR) is 140 cm³/mol. The maximum absolute atomic E-state index is 13.7. The number of carbonyl (C=O) groups excluding carboxylic acids is 2. The Bertz CT molecular complexity index is 1480. The summed E-state index contributed by atoms with van der Waals surface area (Å²) in [4.78, 5) is 34.7. The number of anilines is 3. The minimum atomic E-state index is -4.52. The number of hydrogen-bond acceptors (Lipinski definition) is 7. The standard InChI is InChI=1S/C24H23ClN4O7S/c1-15-7-9-20(13-21(15)29(32)33)37(34,35)28(22-11-17(25)8-10-23(22)36-3)14-24(31)27-19-6-4-5-18(12-19)26-16(2)30/h4-13H,14H2,1-3H3,(H,26,30)(H,27,31). The molecule has 13 heteroatoms. The summed E-state index contributed by atoms with van der Waals surface area (Å²) in [7, 11) is -3.19. The Morgan fingerprint density at radius 1 is 1.05 bits per heavy atom. The van der Waals surface area contributed by atoms with E-state index in [1.807, 2.05) is 0 Å². The highest BCUT2D eigenvalue weighted by Crippen LogP contribution is 2.35. The van der Waals surface area contributed by atoms with E-state index in [4.69, 9.17) is 16.3 Å². The van der Waals surface area contributed by atoms with Gasteiger partial charge in [0, 0.05) is 35.0 Å². The molecule has 0 saturated carbocycles. The molecule has 0 heterocycles. The summed E-state index contributed by atoms with van der Waals surface area (Å²) in [6.07, 6.45) is 0. The molecule has 2 N–H and O–H groups in total.